The van der Waals surface area contributed by atoms with Gasteiger partial charge in [0, 0.05) is 6.61 Å². The monoisotopic (exact) mass is 382 g/mol. The minimum Gasteiger partial charge on any atom is -0.508 e. The molecule has 0 bridgehead atoms. The molecule has 0 fully saturated rings. The van der Waals surface area contributed by atoms with Crippen molar-refractivity contribution in [1.82, 2.24) is 0 Å². The van der Waals surface area contributed by atoms with E-state index in [1.807, 2.05) is 0 Å². The number of aromatic hydroxyl groups is 1. The summed E-state index contributed by atoms with van der Waals surface area (Å²) in [4.78, 5) is 0. The molecule has 0 spiro atoms. The Morgan fingerprint density at radius 2 is 1.42 bits per heavy atom. The van der Waals surface area contributed by atoms with Gasteiger partial charge in [0.15, 0.2) is 6.61 Å². The fourth-order valence-corrected chi connectivity index (χ4v) is 2.15. The lowest BCUT2D eigenvalue weighted by Gasteiger charge is -2.32. The summed E-state index contributed by atoms with van der Waals surface area (Å²) in [5, 5.41) is 10.4. The molecule has 0 radical (unpaired) electrons. The van der Waals surface area contributed by atoms with Gasteiger partial charge < -0.3 is 14.6 Å². The van der Waals surface area contributed by atoms with E-state index in [-0.39, 0.29) is 18.1 Å². The number of hydrogen-bond donors (Lipinski definition) is 1. The molecular formula is C17H16F6O3. The zero-order valence-electron chi connectivity index (χ0n) is 13.6. The summed E-state index contributed by atoms with van der Waals surface area (Å²) < 4.78 is 90.3. The third kappa shape index (κ3) is 3.98. The first-order chi connectivity index (χ1) is 12.0. The van der Waals surface area contributed by atoms with E-state index < -0.39 is 31.0 Å². The summed E-state index contributed by atoms with van der Waals surface area (Å²) in [5.41, 5.74) is 0. The van der Waals surface area contributed by atoms with Gasteiger partial charge in [0.25, 0.3) is 0 Å². The zero-order valence-corrected chi connectivity index (χ0v) is 13.6. The van der Waals surface area contributed by atoms with Crippen molar-refractivity contribution in [3.8, 4) is 11.5 Å². The van der Waals surface area contributed by atoms with Gasteiger partial charge in [0.1, 0.15) is 18.1 Å². The quantitative estimate of drug-likeness (QED) is 0.663. The van der Waals surface area contributed by atoms with Gasteiger partial charge in [-0.15, -0.1) is 0 Å². The van der Waals surface area contributed by atoms with E-state index in [4.69, 9.17) is 0 Å². The second-order valence-electron chi connectivity index (χ2n) is 5.60. The van der Waals surface area contributed by atoms with Crippen LogP contribution in [-0.2, 0) is 4.74 Å². The Hall–Kier alpha value is -2.16. The van der Waals surface area contributed by atoms with Crippen LogP contribution in [0.1, 0.15) is 6.92 Å². The van der Waals surface area contributed by atoms with Gasteiger partial charge in [-0.25, -0.2) is 0 Å². The highest BCUT2D eigenvalue weighted by Crippen LogP contribution is 2.46. The number of rotatable bonds is 8. The van der Waals surface area contributed by atoms with E-state index in [1.165, 1.54) is 43.3 Å². The van der Waals surface area contributed by atoms with Crippen LogP contribution >= 0.6 is 0 Å². The number of alkyl halides is 6. The standard InChI is InChI=1S/C17H16F6O3/c1-2-25-9-15(18,19)17(22,23)16(20,21)10-26-14-6-4-11-7-13(24)5-3-12(11)8-14/h3-8,24H,2,9-10H2,1H3. The molecule has 26 heavy (non-hydrogen) atoms. The number of halogens is 6. The van der Waals surface area contributed by atoms with Gasteiger partial charge in [-0.3, -0.25) is 0 Å². The van der Waals surface area contributed by atoms with Crippen LogP contribution in [0.2, 0.25) is 0 Å². The minimum atomic E-state index is -5.65. The van der Waals surface area contributed by atoms with E-state index in [2.05, 4.69) is 9.47 Å². The lowest BCUT2D eigenvalue weighted by atomic mass is 10.1. The molecule has 9 heteroatoms. The maximum absolute atomic E-state index is 13.7. The van der Waals surface area contributed by atoms with E-state index >= 15 is 0 Å². The second-order valence-corrected chi connectivity index (χ2v) is 5.60. The van der Waals surface area contributed by atoms with Crippen molar-refractivity contribution in [2.75, 3.05) is 19.8 Å². The molecule has 2 aromatic carbocycles. The Balaban J connectivity index is 2.14. The molecule has 0 atom stereocenters. The van der Waals surface area contributed by atoms with Gasteiger partial charge in [-0.2, -0.15) is 26.3 Å². The molecule has 2 aromatic rings. The first-order valence-corrected chi connectivity index (χ1v) is 7.57. The predicted octanol–water partition coefficient (Wildman–Crippen LogP) is 4.87. The Bertz CT molecular complexity index is 763. The Morgan fingerprint density at radius 3 is 2.08 bits per heavy atom. The molecule has 0 aliphatic rings. The molecule has 144 valence electrons. The fourth-order valence-electron chi connectivity index (χ4n) is 2.15. The van der Waals surface area contributed by atoms with Crippen LogP contribution in [-0.4, -0.2) is 42.7 Å². The third-order valence-electron chi connectivity index (χ3n) is 3.62. The van der Waals surface area contributed by atoms with Crippen molar-refractivity contribution in [2.24, 2.45) is 0 Å². The van der Waals surface area contributed by atoms with E-state index in [1.54, 1.807) is 0 Å². The summed E-state index contributed by atoms with van der Waals surface area (Å²) in [5.74, 6) is -16.1. The average molecular weight is 382 g/mol. The fraction of sp³-hybridized carbons (Fsp3) is 0.412. The lowest BCUT2D eigenvalue weighted by molar-refractivity contribution is -0.324. The molecule has 0 unspecified atom stereocenters. The molecule has 0 aliphatic heterocycles. The van der Waals surface area contributed by atoms with E-state index in [0.717, 1.165) is 0 Å². The van der Waals surface area contributed by atoms with Crippen LogP contribution in [0.25, 0.3) is 10.8 Å². The van der Waals surface area contributed by atoms with Crippen LogP contribution in [0, 0.1) is 0 Å². The topological polar surface area (TPSA) is 38.7 Å². The number of benzene rings is 2. The van der Waals surface area contributed by atoms with Crippen molar-refractivity contribution in [3.63, 3.8) is 0 Å². The largest absolute Gasteiger partial charge is 0.508 e. The predicted molar refractivity (Wildman–Crippen MR) is 82.4 cm³/mol. The molecule has 0 aromatic heterocycles. The molecule has 1 N–H and O–H groups in total. The van der Waals surface area contributed by atoms with Crippen molar-refractivity contribution in [1.29, 1.82) is 0 Å². The van der Waals surface area contributed by atoms with Crippen LogP contribution in [0.4, 0.5) is 26.3 Å². The van der Waals surface area contributed by atoms with Gasteiger partial charge >= 0.3 is 17.8 Å². The molecular weight excluding hydrogens is 366 g/mol. The minimum absolute atomic E-state index is 0.0196. The Labute approximate surface area is 145 Å². The Kier molecular flexibility index (Phi) is 5.60. The summed E-state index contributed by atoms with van der Waals surface area (Å²) in [6.07, 6.45) is 0. The molecule has 0 heterocycles. The SMILES string of the molecule is CCOCC(F)(F)C(F)(F)C(F)(F)COc1ccc2cc(O)ccc2c1. The van der Waals surface area contributed by atoms with Crippen molar-refractivity contribution < 1.29 is 40.9 Å². The zero-order chi connectivity index (χ0) is 19.6. The van der Waals surface area contributed by atoms with Gasteiger partial charge in [0.2, 0.25) is 0 Å². The van der Waals surface area contributed by atoms with Crippen molar-refractivity contribution in [2.45, 2.75) is 24.7 Å². The normalized spacial score (nSPS) is 13.2. The average Bonchev–Trinajstić information content (AvgIpc) is 2.57. The summed E-state index contributed by atoms with van der Waals surface area (Å²) in [6.45, 7) is -2.81. The number of ether oxygens (including phenoxy) is 2. The summed E-state index contributed by atoms with van der Waals surface area (Å²) >= 11 is 0. The summed E-state index contributed by atoms with van der Waals surface area (Å²) in [6, 6.07) is 8.07. The molecule has 3 nitrogen and oxygen atoms in total. The molecule has 2 rings (SSSR count). The van der Waals surface area contributed by atoms with E-state index in [9.17, 15) is 31.4 Å². The van der Waals surface area contributed by atoms with Crippen molar-refractivity contribution in [3.05, 3.63) is 36.4 Å². The molecule has 0 saturated heterocycles. The Morgan fingerprint density at radius 1 is 0.846 bits per heavy atom. The highest BCUT2D eigenvalue weighted by molar-refractivity contribution is 5.85. The maximum atomic E-state index is 13.7. The van der Waals surface area contributed by atoms with Crippen LogP contribution in [0.3, 0.4) is 0 Å². The highest BCUT2D eigenvalue weighted by atomic mass is 19.3. The molecule has 0 amide bonds. The third-order valence-corrected chi connectivity index (χ3v) is 3.62. The first-order valence-electron chi connectivity index (χ1n) is 7.57. The number of phenolic OH excluding ortho intramolecular Hbond substituents is 1. The van der Waals surface area contributed by atoms with Crippen LogP contribution in [0.15, 0.2) is 36.4 Å². The van der Waals surface area contributed by atoms with Gasteiger partial charge in [0.05, 0.1) is 0 Å². The van der Waals surface area contributed by atoms with Gasteiger partial charge in [-0.05, 0) is 42.0 Å². The smallest absolute Gasteiger partial charge is 0.377 e. The van der Waals surface area contributed by atoms with Crippen LogP contribution < -0.4 is 4.74 Å². The lowest BCUT2D eigenvalue weighted by Crippen LogP contribution is -2.58. The van der Waals surface area contributed by atoms with Crippen molar-refractivity contribution >= 4 is 10.8 Å². The van der Waals surface area contributed by atoms with E-state index in [0.29, 0.717) is 10.8 Å². The first kappa shape index (κ1) is 20.2. The number of hydrogen-bond acceptors (Lipinski definition) is 3. The summed E-state index contributed by atoms with van der Waals surface area (Å²) in [7, 11) is 0. The number of phenols is 1. The van der Waals surface area contributed by atoms with Crippen LogP contribution in [0.5, 0.6) is 11.5 Å². The molecule has 0 saturated carbocycles. The number of fused-ring (bicyclic) bond motifs is 1. The second kappa shape index (κ2) is 7.22. The molecule has 0 aliphatic carbocycles. The maximum Gasteiger partial charge on any atom is 0.377 e. The van der Waals surface area contributed by atoms with Gasteiger partial charge in [-0.1, -0.05) is 12.1 Å². The highest BCUT2D eigenvalue weighted by Gasteiger charge is 2.71.